The van der Waals surface area contributed by atoms with Crippen LogP contribution in [0, 0.1) is 6.92 Å². The Morgan fingerprint density at radius 3 is 2.81 bits per heavy atom. The third-order valence-corrected chi connectivity index (χ3v) is 6.02. The molecule has 0 bridgehead atoms. The zero-order chi connectivity index (χ0) is 22.8. The predicted octanol–water partition coefficient (Wildman–Crippen LogP) is 2.04. The third kappa shape index (κ3) is 4.53. The highest BCUT2D eigenvalue weighted by molar-refractivity contribution is 7.83. The van der Waals surface area contributed by atoms with E-state index in [1.807, 2.05) is 19.9 Å². The SMILES string of the molecule is CCC(NC1=NS(=O)N=C1Nc1cccc(C(=O)N2CC[C@@H](O)C2)c1O)c1cc(C)co1. The van der Waals surface area contributed by atoms with Crippen LogP contribution >= 0.6 is 0 Å². The smallest absolute Gasteiger partial charge is 0.269 e. The number of nitrogens with one attached hydrogen (secondary N) is 2. The summed E-state index contributed by atoms with van der Waals surface area (Å²) in [5, 5.41) is 26.5. The first-order chi connectivity index (χ1) is 15.4. The van der Waals surface area contributed by atoms with Crippen LogP contribution in [0.2, 0.25) is 0 Å². The van der Waals surface area contributed by atoms with Gasteiger partial charge in [0.2, 0.25) is 0 Å². The van der Waals surface area contributed by atoms with Crippen molar-refractivity contribution in [2.75, 3.05) is 18.4 Å². The molecule has 1 amide bonds. The fourth-order valence-corrected chi connectivity index (χ4v) is 4.28. The van der Waals surface area contributed by atoms with Crippen LogP contribution in [-0.4, -0.2) is 56.1 Å². The number of aliphatic hydroxyl groups excluding tert-OH is 1. The fourth-order valence-electron chi connectivity index (χ4n) is 3.66. The number of carbonyl (C=O) groups excluding carboxylic acids is 1. The minimum absolute atomic E-state index is 0.104. The van der Waals surface area contributed by atoms with Crippen LogP contribution in [-0.2, 0) is 11.2 Å². The number of aromatic hydroxyl groups is 1. The lowest BCUT2D eigenvalue weighted by molar-refractivity contribution is 0.0762. The summed E-state index contributed by atoms with van der Waals surface area (Å²) in [5.41, 5.74) is 1.32. The Kier molecular flexibility index (Phi) is 6.28. The first kappa shape index (κ1) is 22.0. The first-order valence-corrected chi connectivity index (χ1v) is 11.4. The van der Waals surface area contributed by atoms with Gasteiger partial charge in [-0.25, -0.2) is 4.21 Å². The van der Waals surface area contributed by atoms with Crippen LogP contribution in [0.25, 0.3) is 0 Å². The number of hydrogen-bond donors (Lipinski definition) is 4. The molecule has 3 atom stereocenters. The van der Waals surface area contributed by atoms with Gasteiger partial charge in [0, 0.05) is 13.1 Å². The molecule has 4 N–H and O–H groups in total. The summed E-state index contributed by atoms with van der Waals surface area (Å²) >= 11 is -1.82. The number of anilines is 1. The van der Waals surface area contributed by atoms with E-state index >= 15 is 0 Å². The van der Waals surface area contributed by atoms with Gasteiger partial charge in [-0.2, -0.15) is 0 Å². The molecule has 32 heavy (non-hydrogen) atoms. The molecule has 3 heterocycles. The number of furan rings is 1. The molecule has 1 fully saturated rings. The molecule has 2 aliphatic rings. The standard InChI is InChI=1S/C21H25N5O5S/c1-3-15(17-9-12(2)11-31-17)22-19-20(25-32(30)24-19)23-16-6-4-5-14(18(16)28)21(29)26-8-7-13(27)10-26/h4-6,9,11,13,15,27-28H,3,7-8,10H2,1-2H3,(H,22,24)(H,23,25)/t13-,15?,32?/m1/s1. The number of β-amino-alcohol motifs (C(OH)–C–C–N with tert-alkyl or cyclic N) is 1. The molecular formula is C21H25N5O5S. The largest absolute Gasteiger partial charge is 0.505 e. The molecule has 2 aromatic rings. The molecule has 1 saturated heterocycles. The number of nitrogens with zero attached hydrogens (tertiary/aromatic N) is 3. The number of likely N-dealkylation sites (tertiary alicyclic amines) is 1. The molecule has 11 heteroatoms. The van der Waals surface area contributed by atoms with Crippen LogP contribution in [0.3, 0.4) is 0 Å². The van der Waals surface area contributed by atoms with Crippen molar-refractivity contribution in [3.8, 4) is 5.75 Å². The van der Waals surface area contributed by atoms with Gasteiger partial charge in [-0.15, -0.1) is 8.80 Å². The van der Waals surface area contributed by atoms with Gasteiger partial charge in [-0.05, 0) is 43.5 Å². The van der Waals surface area contributed by atoms with Gasteiger partial charge in [0.05, 0.1) is 29.7 Å². The zero-order valence-electron chi connectivity index (χ0n) is 17.7. The topological polar surface area (TPSA) is 140 Å². The van der Waals surface area contributed by atoms with E-state index < -0.39 is 17.3 Å². The van der Waals surface area contributed by atoms with Crippen LogP contribution in [0.4, 0.5) is 5.69 Å². The molecule has 0 spiro atoms. The molecule has 4 rings (SSSR count). The van der Waals surface area contributed by atoms with E-state index in [9.17, 15) is 19.2 Å². The van der Waals surface area contributed by atoms with E-state index in [1.165, 1.54) is 11.0 Å². The summed E-state index contributed by atoms with van der Waals surface area (Å²) in [6, 6.07) is 6.42. The van der Waals surface area contributed by atoms with Crippen molar-refractivity contribution in [1.82, 2.24) is 10.2 Å². The van der Waals surface area contributed by atoms with E-state index in [-0.39, 0.29) is 47.2 Å². The maximum atomic E-state index is 12.8. The van der Waals surface area contributed by atoms with E-state index in [0.717, 1.165) is 5.56 Å². The lowest BCUT2D eigenvalue weighted by Crippen LogP contribution is -2.36. The number of phenolic OH excluding ortho intramolecular Hbond substituents is 1. The summed E-state index contributed by atoms with van der Waals surface area (Å²) in [4.78, 5) is 14.3. The number of amides is 1. The summed E-state index contributed by atoms with van der Waals surface area (Å²) in [7, 11) is 0. The summed E-state index contributed by atoms with van der Waals surface area (Å²) in [6.07, 6.45) is 2.29. The first-order valence-electron chi connectivity index (χ1n) is 10.3. The van der Waals surface area contributed by atoms with Crippen molar-refractivity contribution in [3.63, 3.8) is 0 Å². The van der Waals surface area contributed by atoms with Gasteiger partial charge in [0.15, 0.2) is 17.4 Å². The molecule has 10 nitrogen and oxygen atoms in total. The molecule has 2 aliphatic heterocycles. The molecule has 2 unspecified atom stereocenters. The van der Waals surface area contributed by atoms with Crippen molar-refractivity contribution in [3.05, 3.63) is 47.4 Å². The molecule has 0 saturated carbocycles. The van der Waals surface area contributed by atoms with Gasteiger partial charge in [-0.1, -0.05) is 13.0 Å². The molecule has 0 aliphatic carbocycles. The van der Waals surface area contributed by atoms with Gasteiger partial charge >= 0.3 is 0 Å². The van der Waals surface area contributed by atoms with Crippen LogP contribution in [0.15, 0.2) is 43.7 Å². The molecule has 0 radical (unpaired) electrons. The number of para-hydroxylation sites is 1. The minimum atomic E-state index is -1.82. The van der Waals surface area contributed by atoms with Crippen LogP contribution < -0.4 is 10.6 Å². The Bertz CT molecular complexity index is 1110. The Hall–Kier alpha value is -3.18. The van der Waals surface area contributed by atoms with Crippen molar-refractivity contribution < 1.29 is 23.6 Å². The second kappa shape index (κ2) is 9.13. The molecular weight excluding hydrogens is 434 g/mol. The molecule has 170 valence electrons. The van der Waals surface area contributed by atoms with Crippen molar-refractivity contribution in [2.24, 2.45) is 8.80 Å². The number of hydrogen-bond acceptors (Lipinski definition) is 7. The third-order valence-electron chi connectivity index (χ3n) is 5.35. The zero-order valence-corrected chi connectivity index (χ0v) is 18.6. The second-order valence-corrected chi connectivity index (χ2v) is 8.59. The van der Waals surface area contributed by atoms with Gasteiger partial charge in [-0.3, -0.25) is 4.79 Å². The lowest BCUT2D eigenvalue weighted by Gasteiger charge is -2.19. The Labute approximate surface area is 187 Å². The Morgan fingerprint density at radius 2 is 2.16 bits per heavy atom. The second-order valence-electron chi connectivity index (χ2n) is 7.76. The van der Waals surface area contributed by atoms with Gasteiger partial charge in [0.1, 0.15) is 5.76 Å². The van der Waals surface area contributed by atoms with E-state index in [1.54, 1.807) is 18.4 Å². The van der Waals surface area contributed by atoms with Crippen molar-refractivity contribution >= 4 is 34.4 Å². The maximum absolute atomic E-state index is 12.8. The minimum Gasteiger partial charge on any atom is -0.505 e. The maximum Gasteiger partial charge on any atom is 0.269 e. The fraction of sp³-hybridized carbons (Fsp3) is 0.381. The van der Waals surface area contributed by atoms with E-state index in [0.29, 0.717) is 25.1 Å². The normalized spacial score (nSPS) is 21.3. The Morgan fingerprint density at radius 1 is 1.38 bits per heavy atom. The van der Waals surface area contributed by atoms with Crippen molar-refractivity contribution in [1.29, 1.82) is 0 Å². The highest BCUT2D eigenvalue weighted by Crippen LogP contribution is 2.30. The summed E-state index contributed by atoms with van der Waals surface area (Å²) in [5.74, 6) is 0.538. The molecule has 1 aromatic heterocycles. The monoisotopic (exact) mass is 459 g/mol. The summed E-state index contributed by atoms with van der Waals surface area (Å²) in [6.45, 7) is 4.56. The number of carbonyl (C=O) groups is 1. The quantitative estimate of drug-likeness (QED) is 0.502. The number of aliphatic hydroxyl groups is 1. The van der Waals surface area contributed by atoms with Gasteiger partial charge in [0.25, 0.3) is 17.1 Å². The highest BCUT2D eigenvalue weighted by atomic mass is 32.2. The van der Waals surface area contributed by atoms with Crippen LogP contribution in [0.1, 0.15) is 47.5 Å². The number of rotatable bonds is 5. The molecule has 1 aromatic carbocycles. The van der Waals surface area contributed by atoms with E-state index in [2.05, 4.69) is 19.4 Å². The van der Waals surface area contributed by atoms with E-state index in [4.69, 9.17) is 4.42 Å². The average molecular weight is 460 g/mol. The average Bonchev–Trinajstić information content (AvgIpc) is 3.47. The number of aryl methyl sites for hydroxylation is 1. The summed E-state index contributed by atoms with van der Waals surface area (Å²) < 4.78 is 25.6. The van der Waals surface area contributed by atoms with Crippen molar-refractivity contribution in [2.45, 2.75) is 38.8 Å². The highest BCUT2D eigenvalue weighted by Gasteiger charge is 2.29. The number of amidine groups is 2. The number of benzene rings is 1. The van der Waals surface area contributed by atoms with Gasteiger partial charge < -0.3 is 30.2 Å². The predicted molar refractivity (Wildman–Crippen MR) is 121 cm³/mol. The van der Waals surface area contributed by atoms with Crippen LogP contribution in [0.5, 0.6) is 5.75 Å². The number of phenols is 1. The lowest BCUT2D eigenvalue weighted by atomic mass is 10.1. The Balaban J connectivity index is 1.53.